The smallest absolute Gasteiger partial charge is 0.124 e. The van der Waals surface area contributed by atoms with E-state index in [4.69, 9.17) is 10.00 Å². The maximum Gasteiger partial charge on any atom is 0.124 e. The van der Waals surface area contributed by atoms with Crippen LogP contribution in [0.25, 0.3) is 0 Å². The van der Waals surface area contributed by atoms with Crippen molar-refractivity contribution in [1.29, 1.82) is 5.26 Å². The zero-order chi connectivity index (χ0) is 13.0. The molecule has 0 aliphatic carbocycles. The Bertz CT molecular complexity index is 456. The highest BCUT2D eigenvalue weighted by atomic mass is 19.1. The summed E-state index contributed by atoms with van der Waals surface area (Å²) in [6.07, 6.45) is 1.25. The summed E-state index contributed by atoms with van der Waals surface area (Å²) in [7, 11) is 0. The number of nitrogens with one attached hydrogen (secondary N) is 1. The number of ether oxygens (including phenoxy) is 1. The fraction of sp³-hybridized carbons (Fsp3) is 0.500. The molecule has 1 N–H and O–H groups in total. The van der Waals surface area contributed by atoms with E-state index in [0.29, 0.717) is 23.7 Å². The van der Waals surface area contributed by atoms with E-state index < -0.39 is 0 Å². The molecule has 0 spiro atoms. The topological polar surface area (TPSA) is 45.0 Å². The summed E-state index contributed by atoms with van der Waals surface area (Å²) in [6, 6.07) is 6.27. The first kappa shape index (κ1) is 13.0. The molecule has 2 unspecified atom stereocenters. The van der Waals surface area contributed by atoms with E-state index in [1.165, 1.54) is 12.1 Å². The number of rotatable bonds is 3. The molecule has 4 heteroatoms. The fourth-order valence-corrected chi connectivity index (χ4v) is 2.19. The van der Waals surface area contributed by atoms with Crippen LogP contribution in [0.5, 0.6) is 0 Å². The van der Waals surface area contributed by atoms with Crippen LogP contribution in [-0.4, -0.2) is 19.2 Å². The van der Waals surface area contributed by atoms with Crippen LogP contribution in [0, 0.1) is 23.1 Å². The molecular formula is C14H17FN2O. The Labute approximate surface area is 107 Å². The van der Waals surface area contributed by atoms with Crippen molar-refractivity contribution in [2.24, 2.45) is 5.92 Å². The molecule has 2 rings (SSSR count). The number of hydrogen-bond acceptors (Lipinski definition) is 3. The van der Waals surface area contributed by atoms with Gasteiger partial charge < -0.3 is 10.1 Å². The lowest BCUT2D eigenvalue weighted by molar-refractivity contribution is -0.00667. The van der Waals surface area contributed by atoms with Crippen LogP contribution in [-0.2, 0) is 11.3 Å². The van der Waals surface area contributed by atoms with E-state index >= 15 is 0 Å². The summed E-state index contributed by atoms with van der Waals surface area (Å²) in [5, 5.41) is 12.1. The van der Waals surface area contributed by atoms with Crippen molar-refractivity contribution in [3.05, 3.63) is 35.1 Å². The van der Waals surface area contributed by atoms with E-state index in [2.05, 4.69) is 12.2 Å². The molecule has 0 bridgehead atoms. The summed E-state index contributed by atoms with van der Waals surface area (Å²) < 4.78 is 19.0. The van der Waals surface area contributed by atoms with E-state index in [9.17, 15) is 4.39 Å². The van der Waals surface area contributed by atoms with Gasteiger partial charge in [0.15, 0.2) is 0 Å². The summed E-state index contributed by atoms with van der Waals surface area (Å²) in [5.41, 5.74) is 1.05. The highest BCUT2D eigenvalue weighted by Crippen LogP contribution is 2.17. The Balaban J connectivity index is 1.97. The van der Waals surface area contributed by atoms with Gasteiger partial charge in [0.05, 0.1) is 24.3 Å². The normalized spacial score (nSPS) is 23.6. The molecule has 3 nitrogen and oxygen atoms in total. The van der Waals surface area contributed by atoms with Crippen molar-refractivity contribution in [2.75, 3.05) is 13.1 Å². The van der Waals surface area contributed by atoms with E-state index in [0.717, 1.165) is 19.5 Å². The van der Waals surface area contributed by atoms with Crippen molar-refractivity contribution in [1.82, 2.24) is 5.32 Å². The second-order valence-electron chi connectivity index (χ2n) is 4.78. The number of nitriles is 1. The molecule has 1 saturated heterocycles. The van der Waals surface area contributed by atoms with Gasteiger partial charge in [0.2, 0.25) is 0 Å². The fourth-order valence-electron chi connectivity index (χ4n) is 2.19. The maximum absolute atomic E-state index is 13.2. The molecule has 1 aromatic carbocycles. The molecule has 1 aliphatic heterocycles. The van der Waals surface area contributed by atoms with E-state index in [-0.39, 0.29) is 11.9 Å². The SMILES string of the molecule is CC1CCNCC1OCc1cc(F)cc(C#N)c1. The first-order valence-electron chi connectivity index (χ1n) is 6.21. The summed E-state index contributed by atoms with van der Waals surface area (Å²) in [6.45, 7) is 4.38. The lowest BCUT2D eigenvalue weighted by atomic mass is 9.97. The molecule has 96 valence electrons. The molecule has 0 radical (unpaired) electrons. The predicted molar refractivity (Wildman–Crippen MR) is 66.3 cm³/mol. The van der Waals surface area contributed by atoms with E-state index in [1.807, 2.05) is 6.07 Å². The summed E-state index contributed by atoms with van der Waals surface area (Å²) >= 11 is 0. The molecule has 0 saturated carbocycles. The molecular weight excluding hydrogens is 231 g/mol. The molecule has 18 heavy (non-hydrogen) atoms. The number of nitrogens with zero attached hydrogens (tertiary/aromatic N) is 1. The highest BCUT2D eigenvalue weighted by Gasteiger charge is 2.21. The second-order valence-corrected chi connectivity index (χ2v) is 4.78. The van der Waals surface area contributed by atoms with Crippen LogP contribution < -0.4 is 5.32 Å². The third kappa shape index (κ3) is 3.28. The average Bonchev–Trinajstić information content (AvgIpc) is 2.37. The van der Waals surface area contributed by atoms with Gasteiger partial charge in [-0.2, -0.15) is 5.26 Å². The molecule has 0 amide bonds. The van der Waals surface area contributed by atoms with Crippen molar-refractivity contribution in [3.63, 3.8) is 0 Å². The minimum Gasteiger partial charge on any atom is -0.372 e. The Hall–Kier alpha value is -1.44. The van der Waals surface area contributed by atoms with Crippen molar-refractivity contribution >= 4 is 0 Å². The lowest BCUT2D eigenvalue weighted by Crippen LogP contribution is -2.40. The minimum atomic E-state index is -0.387. The van der Waals surface area contributed by atoms with Gasteiger partial charge >= 0.3 is 0 Å². The first-order valence-corrected chi connectivity index (χ1v) is 6.21. The monoisotopic (exact) mass is 248 g/mol. The lowest BCUT2D eigenvalue weighted by Gasteiger charge is -2.29. The number of benzene rings is 1. The first-order chi connectivity index (χ1) is 8.69. The Morgan fingerprint density at radius 1 is 1.50 bits per heavy atom. The zero-order valence-electron chi connectivity index (χ0n) is 10.4. The standard InChI is InChI=1S/C14H17FN2O/c1-10-2-3-17-8-14(10)18-9-12-4-11(7-16)5-13(15)6-12/h4-6,10,14,17H,2-3,8-9H2,1H3. The molecule has 2 atom stereocenters. The molecule has 1 heterocycles. The van der Waals surface area contributed by atoms with Crippen molar-refractivity contribution in [2.45, 2.75) is 26.1 Å². The quantitative estimate of drug-likeness (QED) is 0.892. The van der Waals surface area contributed by atoms with Crippen LogP contribution in [0.15, 0.2) is 18.2 Å². The molecule has 1 aromatic rings. The Morgan fingerprint density at radius 3 is 3.06 bits per heavy atom. The summed E-state index contributed by atoms with van der Waals surface area (Å²) in [4.78, 5) is 0. The van der Waals surface area contributed by atoms with Gasteiger partial charge in [-0.05, 0) is 42.6 Å². The Morgan fingerprint density at radius 2 is 2.33 bits per heavy atom. The largest absolute Gasteiger partial charge is 0.372 e. The van der Waals surface area contributed by atoms with E-state index in [1.54, 1.807) is 6.07 Å². The maximum atomic E-state index is 13.2. The Kier molecular flexibility index (Phi) is 4.29. The van der Waals surface area contributed by atoms with Crippen LogP contribution in [0.4, 0.5) is 4.39 Å². The van der Waals surface area contributed by atoms with Gasteiger partial charge in [-0.1, -0.05) is 6.92 Å². The number of halogens is 1. The third-order valence-electron chi connectivity index (χ3n) is 3.31. The van der Waals surface area contributed by atoms with Crippen LogP contribution in [0.2, 0.25) is 0 Å². The van der Waals surface area contributed by atoms with Crippen LogP contribution in [0.3, 0.4) is 0 Å². The second kappa shape index (κ2) is 5.94. The van der Waals surface area contributed by atoms with Gasteiger partial charge in [0.1, 0.15) is 5.82 Å². The zero-order valence-corrected chi connectivity index (χ0v) is 10.4. The number of piperidine rings is 1. The summed E-state index contributed by atoms with van der Waals surface area (Å²) in [5.74, 6) is 0.123. The van der Waals surface area contributed by atoms with Gasteiger partial charge in [-0.15, -0.1) is 0 Å². The van der Waals surface area contributed by atoms with Gasteiger partial charge in [0, 0.05) is 6.54 Å². The highest BCUT2D eigenvalue weighted by molar-refractivity contribution is 5.33. The van der Waals surface area contributed by atoms with Gasteiger partial charge in [-0.25, -0.2) is 4.39 Å². The number of hydrogen-bond donors (Lipinski definition) is 1. The van der Waals surface area contributed by atoms with Gasteiger partial charge in [0.25, 0.3) is 0 Å². The molecule has 1 aliphatic rings. The van der Waals surface area contributed by atoms with Crippen molar-refractivity contribution < 1.29 is 9.13 Å². The molecule has 1 fully saturated rings. The van der Waals surface area contributed by atoms with Crippen LogP contribution in [0.1, 0.15) is 24.5 Å². The third-order valence-corrected chi connectivity index (χ3v) is 3.31. The van der Waals surface area contributed by atoms with Crippen molar-refractivity contribution in [3.8, 4) is 6.07 Å². The minimum absolute atomic E-state index is 0.160. The predicted octanol–water partition coefficient (Wildman–Crippen LogP) is 2.21. The average molecular weight is 248 g/mol. The van der Waals surface area contributed by atoms with Gasteiger partial charge in [-0.3, -0.25) is 0 Å². The van der Waals surface area contributed by atoms with Crippen LogP contribution >= 0.6 is 0 Å². The molecule has 0 aromatic heterocycles.